The molecule has 1 saturated heterocycles. The number of piperidine rings is 1. The molecule has 160 valence electrons. The molecule has 2 amide bonds. The van der Waals surface area contributed by atoms with Gasteiger partial charge in [-0.25, -0.2) is 4.79 Å². The number of nitrogens with zero attached hydrogens (tertiary/aromatic N) is 2. The number of nitrogens with one attached hydrogen (secondary N) is 1. The van der Waals surface area contributed by atoms with Gasteiger partial charge in [0, 0.05) is 31.7 Å². The minimum absolute atomic E-state index is 0.0882. The van der Waals surface area contributed by atoms with Crippen molar-refractivity contribution in [2.75, 3.05) is 26.2 Å². The predicted molar refractivity (Wildman–Crippen MR) is 114 cm³/mol. The molecule has 0 bridgehead atoms. The molecule has 0 spiro atoms. The van der Waals surface area contributed by atoms with Crippen molar-refractivity contribution >= 4 is 12.0 Å². The topological polar surface area (TPSA) is 61.9 Å². The monoisotopic (exact) mass is 401 g/mol. The molecule has 0 unspecified atom stereocenters. The van der Waals surface area contributed by atoms with Crippen LogP contribution in [0.4, 0.5) is 4.79 Å². The summed E-state index contributed by atoms with van der Waals surface area (Å²) >= 11 is 0. The lowest BCUT2D eigenvalue weighted by Crippen LogP contribution is -2.49. The molecule has 0 atom stereocenters. The fourth-order valence-electron chi connectivity index (χ4n) is 3.88. The number of benzene rings is 1. The van der Waals surface area contributed by atoms with Crippen molar-refractivity contribution in [2.24, 2.45) is 0 Å². The molecule has 1 aromatic carbocycles. The fourth-order valence-corrected chi connectivity index (χ4v) is 3.88. The van der Waals surface area contributed by atoms with Crippen LogP contribution in [0.2, 0.25) is 0 Å². The van der Waals surface area contributed by atoms with Crippen molar-refractivity contribution in [1.82, 2.24) is 15.1 Å². The molecule has 1 aliphatic carbocycles. The second kappa shape index (κ2) is 10.1. The lowest BCUT2D eigenvalue weighted by Gasteiger charge is -2.32. The summed E-state index contributed by atoms with van der Waals surface area (Å²) in [6, 6.07) is 9.43. The molecule has 0 radical (unpaired) electrons. The molecule has 6 heteroatoms. The van der Waals surface area contributed by atoms with Crippen LogP contribution in [-0.4, -0.2) is 60.1 Å². The second-order valence-electron chi connectivity index (χ2n) is 8.56. The van der Waals surface area contributed by atoms with Gasteiger partial charge in [0.2, 0.25) is 5.91 Å². The maximum atomic E-state index is 12.6. The van der Waals surface area contributed by atoms with E-state index in [-0.39, 0.29) is 18.0 Å². The van der Waals surface area contributed by atoms with Crippen molar-refractivity contribution in [2.45, 2.75) is 71.0 Å². The average molecular weight is 402 g/mol. The summed E-state index contributed by atoms with van der Waals surface area (Å²) in [5.41, 5.74) is 2.61. The molecule has 0 aromatic heterocycles. The van der Waals surface area contributed by atoms with Gasteiger partial charge in [-0.15, -0.1) is 0 Å². The highest BCUT2D eigenvalue weighted by Gasteiger charge is 2.31. The van der Waals surface area contributed by atoms with E-state index in [2.05, 4.69) is 48.3 Å². The van der Waals surface area contributed by atoms with Gasteiger partial charge >= 0.3 is 6.09 Å². The SMILES string of the molecule is CCOC(=O)N1CCC(NC(=O)CN(Cc2ccc(C(C)C)cc2)C2CC2)CC1. The molecule has 29 heavy (non-hydrogen) atoms. The van der Waals surface area contributed by atoms with Gasteiger partial charge in [0.25, 0.3) is 0 Å². The number of hydrogen-bond acceptors (Lipinski definition) is 4. The van der Waals surface area contributed by atoms with E-state index in [1.807, 2.05) is 6.92 Å². The Bertz CT molecular complexity index is 677. The Labute approximate surface area is 174 Å². The zero-order valence-corrected chi connectivity index (χ0v) is 18.0. The molecule has 2 fully saturated rings. The minimum Gasteiger partial charge on any atom is -0.450 e. The smallest absolute Gasteiger partial charge is 0.409 e. The van der Waals surface area contributed by atoms with Crippen LogP contribution in [0.5, 0.6) is 0 Å². The standard InChI is InChI=1S/C23H35N3O3/c1-4-29-23(28)25-13-11-20(12-14-25)24-22(27)16-26(21-9-10-21)15-18-5-7-19(8-6-18)17(2)3/h5-8,17,20-21H,4,9-16H2,1-3H3,(H,24,27). The van der Waals surface area contributed by atoms with Crippen molar-refractivity contribution in [3.63, 3.8) is 0 Å². The summed E-state index contributed by atoms with van der Waals surface area (Å²) in [6.07, 6.45) is 3.67. The number of ether oxygens (including phenoxy) is 1. The van der Waals surface area contributed by atoms with Crippen molar-refractivity contribution in [3.8, 4) is 0 Å². The van der Waals surface area contributed by atoms with Gasteiger partial charge in [-0.2, -0.15) is 0 Å². The first-order chi connectivity index (χ1) is 14.0. The van der Waals surface area contributed by atoms with Gasteiger partial charge in [0.15, 0.2) is 0 Å². The first-order valence-corrected chi connectivity index (χ1v) is 11.0. The molecule has 1 N–H and O–H groups in total. The largest absolute Gasteiger partial charge is 0.450 e. The molecule has 1 aliphatic heterocycles. The fraction of sp³-hybridized carbons (Fsp3) is 0.652. The van der Waals surface area contributed by atoms with Crippen LogP contribution in [0.3, 0.4) is 0 Å². The van der Waals surface area contributed by atoms with Gasteiger partial charge in [-0.05, 0) is 49.7 Å². The number of likely N-dealkylation sites (tertiary alicyclic amines) is 1. The van der Waals surface area contributed by atoms with E-state index in [0.29, 0.717) is 38.2 Å². The maximum absolute atomic E-state index is 12.6. The van der Waals surface area contributed by atoms with Crippen LogP contribution in [0.1, 0.15) is 63.5 Å². The zero-order valence-electron chi connectivity index (χ0n) is 18.0. The zero-order chi connectivity index (χ0) is 20.8. The summed E-state index contributed by atoms with van der Waals surface area (Å²) in [5, 5.41) is 3.17. The summed E-state index contributed by atoms with van der Waals surface area (Å²) in [6.45, 7) is 9.14. The highest BCUT2D eigenvalue weighted by atomic mass is 16.6. The second-order valence-corrected chi connectivity index (χ2v) is 8.56. The van der Waals surface area contributed by atoms with Crippen LogP contribution in [0, 0.1) is 0 Å². The molecule has 6 nitrogen and oxygen atoms in total. The maximum Gasteiger partial charge on any atom is 0.409 e. The van der Waals surface area contributed by atoms with Crippen molar-refractivity contribution < 1.29 is 14.3 Å². The Kier molecular flexibility index (Phi) is 7.53. The van der Waals surface area contributed by atoms with Gasteiger partial charge in [-0.3, -0.25) is 9.69 Å². The number of hydrogen-bond donors (Lipinski definition) is 1. The van der Waals surface area contributed by atoms with Crippen LogP contribution in [0.25, 0.3) is 0 Å². The van der Waals surface area contributed by atoms with E-state index in [4.69, 9.17) is 4.74 Å². The molecular formula is C23H35N3O3. The summed E-state index contributed by atoms with van der Waals surface area (Å²) in [4.78, 5) is 28.5. The Morgan fingerprint density at radius 2 is 1.79 bits per heavy atom. The van der Waals surface area contributed by atoms with Gasteiger partial charge in [-0.1, -0.05) is 38.1 Å². The van der Waals surface area contributed by atoms with E-state index in [0.717, 1.165) is 19.4 Å². The Balaban J connectivity index is 1.46. The summed E-state index contributed by atoms with van der Waals surface area (Å²) in [7, 11) is 0. The Morgan fingerprint density at radius 1 is 1.14 bits per heavy atom. The number of amides is 2. The van der Waals surface area contributed by atoms with Gasteiger partial charge in [0.1, 0.15) is 0 Å². The quantitative estimate of drug-likeness (QED) is 0.724. The molecular weight excluding hydrogens is 366 g/mol. The van der Waals surface area contributed by atoms with Crippen LogP contribution < -0.4 is 5.32 Å². The van der Waals surface area contributed by atoms with Crippen LogP contribution >= 0.6 is 0 Å². The average Bonchev–Trinajstić information content (AvgIpc) is 3.54. The molecule has 1 heterocycles. The lowest BCUT2D eigenvalue weighted by atomic mass is 10.0. The van der Waals surface area contributed by atoms with E-state index < -0.39 is 0 Å². The van der Waals surface area contributed by atoms with E-state index in [9.17, 15) is 9.59 Å². The number of carbonyl (C=O) groups is 2. The van der Waals surface area contributed by atoms with E-state index in [1.165, 1.54) is 24.0 Å². The van der Waals surface area contributed by atoms with Crippen LogP contribution in [0.15, 0.2) is 24.3 Å². The normalized spacial score (nSPS) is 17.6. The summed E-state index contributed by atoms with van der Waals surface area (Å²) < 4.78 is 5.05. The Hall–Kier alpha value is -2.08. The molecule has 1 aromatic rings. The third-order valence-corrected chi connectivity index (χ3v) is 5.83. The Morgan fingerprint density at radius 3 is 2.34 bits per heavy atom. The van der Waals surface area contributed by atoms with Crippen LogP contribution in [-0.2, 0) is 16.1 Å². The molecule has 3 rings (SSSR count). The highest BCUT2D eigenvalue weighted by Crippen LogP contribution is 2.28. The van der Waals surface area contributed by atoms with Gasteiger partial charge < -0.3 is 15.0 Å². The van der Waals surface area contributed by atoms with Gasteiger partial charge in [0.05, 0.1) is 13.2 Å². The van der Waals surface area contributed by atoms with E-state index in [1.54, 1.807) is 4.90 Å². The minimum atomic E-state index is -0.249. The number of rotatable bonds is 8. The third-order valence-electron chi connectivity index (χ3n) is 5.83. The molecule has 2 aliphatic rings. The highest BCUT2D eigenvalue weighted by molar-refractivity contribution is 5.78. The first-order valence-electron chi connectivity index (χ1n) is 11.0. The first kappa shape index (κ1) is 21.6. The lowest BCUT2D eigenvalue weighted by molar-refractivity contribution is -0.123. The van der Waals surface area contributed by atoms with E-state index >= 15 is 0 Å². The number of carbonyl (C=O) groups excluding carboxylic acids is 2. The molecule has 1 saturated carbocycles. The predicted octanol–water partition coefficient (Wildman–Crippen LogP) is 3.51. The third kappa shape index (κ3) is 6.46. The summed E-state index contributed by atoms with van der Waals surface area (Å²) in [5.74, 6) is 0.620. The van der Waals surface area contributed by atoms with Crippen molar-refractivity contribution in [1.29, 1.82) is 0 Å². The van der Waals surface area contributed by atoms with Crippen molar-refractivity contribution in [3.05, 3.63) is 35.4 Å².